The average Bonchev–Trinajstić information content (AvgIpc) is 2.47. The van der Waals surface area contributed by atoms with Crippen LogP contribution in [-0.4, -0.2) is 39.9 Å². The summed E-state index contributed by atoms with van der Waals surface area (Å²) in [6, 6.07) is 8.36. The van der Waals surface area contributed by atoms with E-state index in [4.69, 9.17) is 14.7 Å². The first-order valence-electron chi connectivity index (χ1n) is 6.35. The number of nitrogens with one attached hydrogen (secondary N) is 1. The number of piperazine rings is 1. The van der Waals surface area contributed by atoms with Gasteiger partial charge in [-0.2, -0.15) is 5.26 Å². The minimum absolute atomic E-state index is 0.229. The Labute approximate surface area is 113 Å². The third-order valence-electron chi connectivity index (χ3n) is 3.33. The highest BCUT2D eigenvalue weighted by Gasteiger charge is 2.20. The fourth-order valence-electron chi connectivity index (χ4n) is 2.33. The summed E-state index contributed by atoms with van der Waals surface area (Å²) in [5.74, 6) is 1.46. The van der Waals surface area contributed by atoms with E-state index in [1.807, 2.05) is 18.2 Å². The molecule has 5 nitrogen and oxygen atoms in total. The molecule has 1 saturated heterocycles. The highest BCUT2D eigenvalue weighted by molar-refractivity contribution is 5.56. The molecule has 1 aromatic carbocycles. The number of hydrogen-bond donors (Lipinski definition) is 1. The van der Waals surface area contributed by atoms with Gasteiger partial charge in [-0.3, -0.25) is 0 Å². The molecule has 5 heteroatoms. The first-order chi connectivity index (χ1) is 9.28. The van der Waals surface area contributed by atoms with Crippen molar-refractivity contribution >= 4 is 5.69 Å². The van der Waals surface area contributed by atoms with E-state index in [-0.39, 0.29) is 6.04 Å². The van der Waals surface area contributed by atoms with Gasteiger partial charge in [0.1, 0.15) is 0 Å². The zero-order valence-corrected chi connectivity index (χ0v) is 11.3. The van der Waals surface area contributed by atoms with E-state index >= 15 is 0 Å². The molecule has 1 aliphatic rings. The van der Waals surface area contributed by atoms with Crippen molar-refractivity contribution in [3.8, 4) is 17.6 Å². The smallest absolute Gasteiger partial charge is 0.162 e. The maximum absolute atomic E-state index is 8.78. The van der Waals surface area contributed by atoms with E-state index in [2.05, 4.69) is 16.3 Å². The lowest BCUT2D eigenvalue weighted by molar-refractivity contribution is 0.354. The molecule has 1 heterocycles. The zero-order chi connectivity index (χ0) is 13.7. The second kappa shape index (κ2) is 6.30. The largest absolute Gasteiger partial charge is 0.493 e. The number of methoxy groups -OCH3 is 2. The molecule has 102 valence electrons. The van der Waals surface area contributed by atoms with Gasteiger partial charge in [-0.05, 0) is 12.1 Å². The minimum Gasteiger partial charge on any atom is -0.493 e. The summed E-state index contributed by atoms with van der Waals surface area (Å²) in [6.45, 7) is 2.65. The summed E-state index contributed by atoms with van der Waals surface area (Å²) < 4.78 is 10.6. The van der Waals surface area contributed by atoms with E-state index in [1.165, 1.54) is 0 Å². The predicted octanol–water partition coefficient (Wildman–Crippen LogP) is 1.40. The van der Waals surface area contributed by atoms with E-state index in [0.717, 1.165) is 36.8 Å². The lowest BCUT2D eigenvalue weighted by Crippen LogP contribution is -2.50. The van der Waals surface area contributed by atoms with E-state index in [1.54, 1.807) is 14.2 Å². The zero-order valence-electron chi connectivity index (χ0n) is 11.3. The topological polar surface area (TPSA) is 57.5 Å². The Kier molecular flexibility index (Phi) is 4.48. The van der Waals surface area contributed by atoms with Gasteiger partial charge in [0.2, 0.25) is 0 Å². The highest BCUT2D eigenvalue weighted by Crippen LogP contribution is 2.31. The summed E-state index contributed by atoms with van der Waals surface area (Å²) in [4.78, 5) is 2.26. The fraction of sp³-hybridized carbons (Fsp3) is 0.500. The van der Waals surface area contributed by atoms with Crippen molar-refractivity contribution in [3.05, 3.63) is 18.2 Å². The van der Waals surface area contributed by atoms with Gasteiger partial charge in [-0.1, -0.05) is 0 Å². The molecule has 1 fully saturated rings. The summed E-state index contributed by atoms with van der Waals surface area (Å²) in [5.41, 5.74) is 1.10. The number of hydrogen-bond acceptors (Lipinski definition) is 5. The molecule has 0 amide bonds. The molecule has 0 aliphatic carbocycles. The lowest BCUT2D eigenvalue weighted by Gasteiger charge is -2.34. The van der Waals surface area contributed by atoms with Crippen molar-refractivity contribution in [2.75, 3.05) is 38.8 Å². The highest BCUT2D eigenvalue weighted by atomic mass is 16.5. The van der Waals surface area contributed by atoms with Crippen molar-refractivity contribution in [1.82, 2.24) is 5.32 Å². The molecule has 1 atom stereocenters. The van der Waals surface area contributed by atoms with Crippen LogP contribution < -0.4 is 19.7 Å². The van der Waals surface area contributed by atoms with Crippen LogP contribution in [0.3, 0.4) is 0 Å². The average molecular weight is 261 g/mol. The Morgan fingerprint density at radius 2 is 2.16 bits per heavy atom. The second-order valence-electron chi connectivity index (χ2n) is 4.50. The first kappa shape index (κ1) is 13.5. The summed E-state index contributed by atoms with van der Waals surface area (Å²) in [6.07, 6.45) is 0.532. The van der Waals surface area contributed by atoms with Gasteiger partial charge < -0.3 is 19.7 Å². The number of benzene rings is 1. The molecular formula is C14H19N3O2. The van der Waals surface area contributed by atoms with Crippen molar-refractivity contribution < 1.29 is 9.47 Å². The normalized spacial score (nSPS) is 18.8. The van der Waals surface area contributed by atoms with Crippen LogP contribution in [0, 0.1) is 11.3 Å². The maximum Gasteiger partial charge on any atom is 0.162 e. The Morgan fingerprint density at radius 3 is 2.84 bits per heavy atom. The summed E-state index contributed by atoms with van der Waals surface area (Å²) in [5, 5.41) is 12.1. The number of nitriles is 1. The standard InChI is InChI=1S/C14H19N3O2/c1-18-13-4-3-12(9-14(13)19-2)17-8-7-16-11(10-17)5-6-15/h3-4,9,11,16H,5,7-8,10H2,1-2H3. The van der Waals surface area contributed by atoms with Gasteiger partial charge in [0, 0.05) is 37.4 Å². The van der Waals surface area contributed by atoms with E-state index in [0.29, 0.717) is 6.42 Å². The Bertz CT molecular complexity index is 470. The molecule has 2 rings (SSSR count). The van der Waals surface area contributed by atoms with Gasteiger partial charge in [-0.25, -0.2) is 0 Å². The van der Waals surface area contributed by atoms with Crippen molar-refractivity contribution in [2.45, 2.75) is 12.5 Å². The summed E-state index contributed by atoms with van der Waals surface area (Å²) >= 11 is 0. The molecule has 0 bridgehead atoms. The quantitative estimate of drug-likeness (QED) is 0.887. The van der Waals surface area contributed by atoms with Crippen LogP contribution in [0.2, 0.25) is 0 Å². The molecule has 0 saturated carbocycles. The van der Waals surface area contributed by atoms with Gasteiger partial charge in [0.15, 0.2) is 11.5 Å². The van der Waals surface area contributed by atoms with Crippen LogP contribution >= 0.6 is 0 Å². The number of ether oxygens (including phenoxy) is 2. The molecule has 1 unspecified atom stereocenters. The number of rotatable bonds is 4. The van der Waals surface area contributed by atoms with E-state index < -0.39 is 0 Å². The molecule has 0 radical (unpaired) electrons. The molecule has 1 aliphatic heterocycles. The predicted molar refractivity (Wildman–Crippen MR) is 73.8 cm³/mol. The third kappa shape index (κ3) is 3.09. The van der Waals surface area contributed by atoms with Crippen LogP contribution in [0.4, 0.5) is 5.69 Å². The van der Waals surface area contributed by atoms with Crippen molar-refractivity contribution in [1.29, 1.82) is 5.26 Å². The van der Waals surface area contributed by atoms with Crippen LogP contribution in [0.25, 0.3) is 0 Å². The molecule has 19 heavy (non-hydrogen) atoms. The molecule has 1 aromatic rings. The number of anilines is 1. The SMILES string of the molecule is COc1ccc(N2CCNC(CC#N)C2)cc1OC. The first-order valence-corrected chi connectivity index (χ1v) is 6.35. The van der Waals surface area contributed by atoms with Crippen molar-refractivity contribution in [2.24, 2.45) is 0 Å². The lowest BCUT2D eigenvalue weighted by atomic mass is 10.1. The van der Waals surface area contributed by atoms with Crippen molar-refractivity contribution in [3.63, 3.8) is 0 Å². The fourth-order valence-corrected chi connectivity index (χ4v) is 2.33. The van der Waals surface area contributed by atoms with Crippen LogP contribution in [0.5, 0.6) is 11.5 Å². The van der Waals surface area contributed by atoms with Gasteiger partial charge in [-0.15, -0.1) is 0 Å². The Balaban J connectivity index is 2.15. The summed E-state index contributed by atoms with van der Waals surface area (Å²) in [7, 11) is 3.27. The van der Waals surface area contributed by atoms with E-state index in [9.17, 15) is 0 Å². The van der Waals surface area contributed by atoms with Crippen LogP contribution in [0.1, 0.15) is 6.42 Å². The molecule has 0 aromatic heterocycles. The van der Waals surface area contributed by atoms with Gasteiger partial charge >= 0.3 is 0 Å². The monoisotopic (exact) mass is 261 g/mol. The molecular weight excluding hydrogens is 242 g/mol. The minimum atomic E-state index is 0.229. The maximum atomic E-state index is 8.78. The Hall–Kier alpha value is -1.93. The third-order valence-corrected chi connectivity index (χ3v) is 3.33. The Morgan fingerprint density at radius 1 is 1.37 bits per heavy atom. The van der Waals surface area contributed by atoms with Gasteiger partial charge in [0.05, 0.1) is 26.7 Å². The second-order valence-corrected chi connectivity index (χ2v) is 4.50. The molecule has 1 N–H and O–H groups in total. The van der Waals surface area contributed by atoms with Crippen LogP contribution in [-0.2, 0) is 0 Å². The van der Waals surface area contributed by atoms with Gasteiger partial charge in [0.25, 0.3) is 0 Å². The van der Waals surface area contributed by atoms with Crippen LogP contribution in [0.15, 0.2) is 18.2 Å². The number of nitrogens with zero attached hydrogens (tertiary/aromatic N) is 2. The molecule has 0 spiro atoms.